The third-order valence-corrected chi connectivity index (χ3v) is 3.91. The molecule has 0 amide bonds. The monoisotopic (exact) mass is 269 g/mol. The molecule has 1 aliphatic rings. The molecule has 1 atom stereocenters. The van der Waals surface area contributed by atoms with Gasteiger partial charge in [0.15, 0.2) is 0 Å². The van der Waals surface area contributed by atoms with Gasteiger partial charge < -0.3 is 5.32 Å². The number of carbonyl (C=O) groups is 1. The van der Waals surface area contributed by atoms with Crippen LogP contribution in [0.25, 0.3) is 0 Å². The number of ketones is 1. The Bertz CT molecular complexity index is 455. The summed E-state index contributed by atoms with van der Waals surface area (Å²) >= 11 is 5.72. The zero-order valence-corrected chi connectivity index (χ0v) is 11.2. The van der Waals surface area contributed by atoms with E-state index >= 15 is 0 Å². The Morgan fingerprint density at radius 3 is 2.94 bits per heavy atom. The molecule has 0 bridgehead atoms. The van der Waals surface area contributed by atoms with E-state index in [0.717, 1.165) is 31.5 Å². The van der Waals surface area contributed by atoms with Crippen molar-refractivity contribution in [2.24, 2.45) is 5.41 Å². The minimum absolute atomic E-state index is 0.0761. The van der Waals surface area contributed by atoms with Gasteiger partial charge in [0.05, 0.1) is 5.02 Å². The molecular weight excluding hydrogens is 253 g/mol. The molecule has 1 heterocycles. The average Bonchev–Trinajstić information content (AvgIpc) is 2.35. The molecule has 1 unspecified atom stereocenters. The van der Waals surface area contributed by atoms with E-state index in [0.29, 0.717) is 6.42 Å². The van der Waals surface area contributed by atoms with Crippen LogP contribution in [-0.4, -0.2) is 18.9 Å². The second-order valence-corrected chi connectivity index (χ2v) is 5.60. The zero-order chi connectivity index (χ0) is 13.2. The van der Waals surface area contributed by atoms with Gasteiger partial charge in [0.1, 0.15) is 11.6 Å². The van der Waals surface area contributed by atoms with Gasteiger partial charge in [-0.25, -0.2) is 4.39 Å². The largest absolute Gasteiger partial charge is 0.316 e. The van der Waals surface area contributed by atoms with Crippen molar-refractivity contribution in [2.75, 3.05) is 13.1 Å². The van der Waals surface area contributed by atoms with Crippen LogP contribution < -0.4 is 5.32 Å². The maximum Gasteiger partial charge on any atom is 0.144 e. The van der Waals surface area contributed by atoms with Crippen LogP contribution in [0.4, 0.5) is 4.39 Å². The van der Waals surface area contributed by atoms with Gasteiger partial charge in [-0.3, -0.25) is 4.79 Å². The standard InChI is InChI=1S/C14H17ClFNO/c1-14(5-2-6-17-9-14)13(18)8-10-3-4-12(16)11(15)7-10/h3-4,7,17H,2,5-6,8-9H2,1H3. The summed E-state index contributed by atoms with van der Waals surface area (Å²) in [5, 5.41) is 3.33. The smallest absolute Gasteiger partial charge is 0.144 e. The number of hydrogen-bond donors (Lipinski definition) is 1. The highest BCUT2D eigenvalue weighted by molar-refractivity contribution is 6.30. The Kier molecular flexibility index (Phi) is 4.03. The third-order valence-electron chi connectivity index (χ3n) is 3.62. The van der Waals surface area contributed by atoms with Crippen molar-refractivity contribution >= 4 is 17.4 Å². The second-order valence-electron chi connectivity index (χ2n) is 5.19. The highest BCUT2D eigenvalue weighted by atomic mass is 35.5. The number of halogens is 2. The molecule has 2 nitrogen and oxygen atoms in total. The topological polar surface area (TPSA) is 29.1 Å². The summed E-state index contributed by atoms with van der Waals surface area (Å²) in [5.41, 5.74) is 0.470. The number of hydrogen-bond acceptors (Lipinski definition) is 2. The first kappa shape index (κ1) is 13.5. The SMILES string of the molecule is CC1(C(=O)Cc2ccc(F)c(Cl)c2)CCCNC1. The molecule has 0 radical (unpaired) electrons. The summed E-state index contributed by atoms with van der Waals surface area (Å²) in [5.74, 6) is -0.254. The van der Waals surface area contributed by atoms with Crippen LogP contribution in [0.5, 0.6) is 0 Å². The van der Waals surface area contributed by atoms with E-state index in [2.05, 4.69) is 5.32 Å². The van der Waals surface area contributed by atoms with E-state index in [1.165, 1.54) is 12.1 Å². The molecule has 1 saturated heterocycles. The normalized spacial score (nSPS) is 23.9. The number of Topliss-reactive ketones (excluding diaryl/α,β-unsaturated/α-hetero) is 1. The molecule has 2 rings (SSSR count). The third kappa shape index (κ3) is 2.90. The summed E-state index contributed by atoms with van der Waals surface area (Å²) in [4.78, 5) is 12.3. The van der Waals surface area contributed by atoms with Crippen LogP contribution in [0, 0.1) is 11.2 Å². The molecule has 1 aromatic rings. The predicted molar refractivity (Wildman–Crippen MR) is 70.3 cm³/mol. The molecule has 0 aromatic heterocycles. The summed E-state index contributed by atoms with van der Waals surface area (Å²) in [7, 11) is 0. The molecule has 1 N–H and O–H groups in total. The quantitative estimate of drug-likeness (QED) is 0.914. The highest BCUT2D eigenvalue weighted by Gasteiger charge is 2.33. The molecule has 0 saturated carbocycles. The van der Waals surface area contributed by atoms with Crippen molar-refractivity contribution in [1.82, 2.24) is 5.32 Å². The van der Waals surface area contributed by atoms with E-state index in [4.69, 9.17) is 11.6 Å². The predicted octanol–water partition coefficient (Wildman–Crippen LogP) is 2.98. The van der Waals surface area contributed by atoms with E-state index in [1.807, 2.05) is 6.92 Å². The van der Waals surface area contributed by atoms with Crippen LogP contribution in [-0.2, 0) is 11.2 Å². The van der Waals surface area contributed by atoms with Gasteiger partial charge in [-0.1, -0.05) is 24.6 Å². The van der Waals surface area contributed by atoms with Crippen LogP contribution in [0.3, 0.4) is 0 Å². The maximum absolute atomic E-state index is 13.0. The second kappa shape index (κ2) is 5.37. The molecule has 18 heavy (non-hydrogen) atoms. The van der Waals surface area contributed by atoms with Crippen molar-refractivity contribution in [3.8, 4) is 0 Å². The fourth-order valence-electron chi connectivity index (χ4n) is 2.34. The van der Waals surface area contributed by atoms with Crippen LogP contribution >= 0.6 is 11.6 Å². The van der Waals surface area contributed by atoms with E-state index in [1.54, 1.807) is 6.07 Å². The first-order valence-corrected chi connectivity index (χ1v) is 6.57. The van der Waals surface area contributed by atoms with Gasteiger partial charge in [-0.15, -0.1) is 0 Å². The summed E-state index contributed by atoms with van der Waals surface area (Å²) in [6, 6.07) is 4.47. The van der Waals surface area contributed by atoms with E-state index < -0.39 is 5.82 Å². The minimum atomic E-state index is -0.446. The Balaban J connectivity index is 2.08. The average molecular weight is 270 g/mol. The van der Waals surface area contributed by atoms with Gasteiger partial charge >= 0.3 is 0 Å². The Hall–Kier alpha value is -0.930. The first-order valence-electron chi connectivity index (χ1n) is 6.19. The van der Waals surface area contributed by atoms with E-state index in [-0.39, 0.29) is 16.2 Å². The van der Waals surface area contributed by atoms with Gasteiger partial charge in [0.2, 0.25) is 0 Å². The lowest BCUT2D eigenvalue weighted by Gasteiger charge is -2.32. The number of piperidine rings is 1. The number of benzene rings is 1. The number of rotatable bonds is 3. The molecular formula is C14H17ClFNO. The fourth-order valence-corrected chi connectivity index (χ4v) is 2.55. The first-order chi connectivity index (χ1) is 8.51. The van der Waals surface area contributed by atoms with E-state index in [9.17, 15) is 9.18 Å². The Morgan fingerprint density at radius 2 is 2.33 bits per heavy atom. The Labute approximate surface area is 112 Å². The molecule has 98 valence electrons. The Morgan fingerprint density at radius 1 is 1.56 bits per heavy atom. The highest BCUT2D eigenvalue weighted by Crippen LogP contribution is 2.28. The zero-order valence-electron chi connectivity index (χ0n) is 10.4. The lowest BCUT2D eigenvalue weighted by Crippen LogP contribution is -2.44. The van der Waals surface area contributed by atoms with Crippen molar-refractivity contribution < 1.29 is 9.18 Å². The van der Waals surface area contributed by atoms with Crippen LogP contribution in [0.2, 0.25) is 5.02 Å². The lowest BCUT2D eigenvalue weighted by atomic mass is 9.77. The van der Waals surface area contributed by atoms with Gasteiger partial charge in [0.25, 0.3) is 0 Å². The minimum Gasteiger partial charge on any atom is -0.316 e. The van der Waals surface area contributed by atoms with Crippen LogP contribution in [0.1, 0.15) is 25.3 Å². The number of carbonyl (C=O) groups excluding carboxylic acids is 1. The van der Waals surface area contributed by atoms with Crippen molar-refractivity contribution in [2.45, 2.75) is 26.2 Å². The molecule has 1 aliphatic heterocycles. The lowest BCUT2D eigenvalue weighted by molar-refractivity contribution is -0.128. The molecule has 1 aromatic carbocycles. The molecule has 0 aliphatic carbocycles. The van der Waals surface area contributed by atoms with Gasteiger partial charge in [-0.05, 0) is 37.1 Å². The van der Waals surface area contributed by atoms with Crippen molar-refractivity contribution in [3.05, 3.63) is 34.6 Å². The fraction of sp³-hybridized carbons (Fsp3) is 0.500. The van der Waals surface area contributed by atoms with Crippen molar-refractivity contribution in [3.63, 3.8) is 0 Å². The molecule has 1 fully saturated rings. The molecule has 4 heteroatoms. The summed E-state index contributed by atoms with van der Waals surface area (Å²) < 4.78 is 13.0. The maximum atomic E-state index is 13.0. The summed E-state index contributed by atoms with van der Waals surface area (Å²) in [6.07, 6.45) is 2.25. The van der Waals surface area contributed by atoms with Gasteiger partial charge in [0, 0.05) is 18.4 Å². The summed E-state index contributed by atoms with van der Waals surface area (Å²) in [6.45, 7) is 3.69. The molecule has 0 spiro atoms. The van der Waals surface area contributed by atoms with Gasteiger partial charge in [-0.2, -0.15) is 0 Å². The number of nitrogens with one attached hydrogen (secondary N) is 1. The van der Waals surface area contributed by atoms with Crippen LogP contribution in [0.15, 0.2) is 18.2 Å². The van der Waals surface area contributed by atoms with Crippen molar-refractivity contribution in [1.29, 1.82) is 0 Å².